The van der Waals surface area contributed by atoms with E-state index in [-0.39, 0.29) is 5.54 Å². The third-order valence-corrected chi connectivity index (χ3v) is 2.44. The highest BCUT2D eigenvalue weighted by atomic mass is 19.1. The quantitative estimate of drug-likeness (QED) is 0.807. The molecule has 1 aromatic rings. The van der Waals surface area contributed by atoms with Gasteiger partial charge in [-0.1, -0.05) is 30.3 Å². The fraction of sp³-hybridized carbons (Fsp3) is 0.571. The minimum absolute atomic E-state index is 0.00289. The maximum Gasteiger partial charge on any atom is 0.113 e. The van der Waals surface area contributed by atoms with E-state index in [1.54, 1.807) is 0 Å². The summed E-state index contributed by atoms with van der Waals surface area (Å²) in [5.41, 5.74) is 1.21. The summed E-state index contributed by atoms with van der Waals surface area (Å²) < 4.78 is 13.6. The molecule has 1 N–H and O–H groups in total. The number of rotatable bonds is 5. The van der Waals surface area contributed by atoms with Crippen molar-refractivity contribution < 1.29 is 4.39 Å². The van der Waals surface area contributed by atoms with E-state index < -0.39 is 6.17 Å². The van der Waals surface area contributed by atoms with Crippen molar-refractivity contribution in [2.75, 3.05) is 6.54 Å². The van der Waals surface area contributed by atoms with Gasteiger partial charge in [-0.25, -0.2) is 4.39 Å². The summed E-state index contributed by atoms with van der Waals surface area (Å²) >= 11 is 0. The summed E-state index contributed by atoms with van der Waals surface area (Å²) in [5, 5.41) is 3.18. The zero-order chi connectivity index (χ0) is 12.0. The van der Waals surface area contributed by atoms with Crippen molar-refractivity contribution in [3.63, 3.8) is 0 Å². The van der Waals surface area contributed by atoms with Crippen LogP contribution in [0.2, 0.25) is 0 Å². The maximum absolute atomic E-state index is 13.6. The minimum Gasteiger partial charge on any atom is -0.309 e. The van der Waals surface area contributed by atoms with E-state index in [0.29, 0.717) is 13.0 Å². The van der Waals surface area contributed by atoms with Crippen LogP contribution < -0.4 is 5.32 Å². The van der Waals surface area contributed by atoms with Crippen LogP contribution in [0, 0.1) is 0 Å². The molecule has 0 aliphatic carbocycles. The lowest BCUT2D eigenvalue weighted by molar-refractivity contribution is 0.272. The molecule has 0 aromatic heterocycles. The van der Waals surface area contributed by atoms with Gasteiger partial charge in [0.05, 0.1) is 0 Å². The average Bonchev–Trinajstić information content (AvgIpc) is 2.24. The Morgan fingerprint density at radius 1 is 1.19 bits per heavy atom. The Morgan fingerprint density at radius 3 is 2.38 bits per heavy atom. The largest absolute Gasteiger partial charge is 0.309 e. The van der Waals surface area contributed by atoms with E-state index in [9.17, 15) is 4.39 Å². The van der Waals surface area contributed by atoms with Gasteiger partial charge in [0, 0.05) is 12.1 Å². The highest BCUT2D eigenvalue weighted by Gasteiger charge is 2.13. The van der Waals surface area contributed by atoms with Gasteiger partial charge in [0.15, 0.2) is 0 Å². The summed E-state index contributed by atoms with van der Waals surface area (Å²) in [6.07, 6.45) is 0.639. The Kier molecular flexibility index (Phi) is 4.94. The fourth-order valence-corrected chi connectivity index (χ4v) is 1.49. The molecule has 1 unspecified atom stereocenters. The molecule has 1 rings (SSSR count). The molecule has 0 spiro atoms. The number of nitrogens with one attached hydrogen (secondary N) is 1. The summed E-state index contributed by atoms with van der Waals surface area (Å²) in [4.78, 5) is 0. The van der Waals surface area contributed by atoms with E-state index in [1.165, 1.54) is 5.56 Å². The second-order valence-corrected chi connectivity index (χ2v) is 5.25. The van der Waals surface area contributed by atoms with Crippen molar-refractivity contribution in [3.8, 4) is 0 Å². The number of aryl methyl sites for hydroxylation is 1. The third kappa shape index (κ3) is 5.86. The molecule has 0 aliphatic heterocycles. The molecule has 1 aromatic carbocycles. The Balaban J connectivity index is 2.23. The van der Waals surface area contributed by atoms with Crippen LogP contribution in [0.4, 0.5) is 4.39 Å². The highest BCUT2D eigenvalue weighted by Crippen LogP contribution is 2.08. The predicted octanol–water partition coefficient (Wildman–Crippen LogP) is 3.35. The molecule has 2 heteroatoms. The lowest BCUT2D eigenvalue weighted by atomic mass is 10.1. The van der Waals surface area contributed by atoms with Gasteiger partial charge < -0.3 is 5.32 Å². The molecule has 0 fully saturated rings. The molecule has 0 saturated carbocycles. The number of hydrogen-bond donors (Lipinski definition) is 1. The van der Waals surface area contributed by atoms with Gasteiger partial charge in [0.1, 0.15) is 6.17 Å². The first kappa shape index (κ1) is 13.2. The van der Waals surface area contributed by atoms with Crippen LogP contribution in [-0.4, -0.2) is 18.3 Å². The monoisotopic (exact) mass is 223 g/mol. The van der Waals surface area contributed by atoms with Crippen molar-refractivity contribution in [2.24, 2.45) is 0 Å². The van der Waals surface area contributed by atoms with Gasteiger partial charge in [-0.05, 0) is 39.2 Å². The number of alkyl halides is 1. The molecule has 0 radical (unpaired) electrons. The first-order valence-corrected chi connectivity index (χ1v) is 5.90. The molecule has 0 aliphatic rings. The van der Waals surface area contributed by atoms with E-state index in [1.807, 2.05) is 30.3 Å². The smallest absolute Gasteiger partial charge is 0.113 e. The molecule has 0 bridgehead atoms. The molecule has 90 valence electrons. The van der Waals surface area contributed by atoms with Crippen LogP contribution in [0.1, 0.15) is 32.8 Å². The standard InChI is InChI=1S/C14H22FN/c1-14(2,3)16-11-13(15)10-9-12-7-5-4-6-8-12/h4-8,13,16H,9-11H2,1-3H3. The summed E-state index contributed by atoms with van der Waals surface area (Å²) in [6.45, 7) is 6.60. The maximum atomic E-state index is 13.6. The van der Waals surface area contributed by atoms with Crippen molar-refractivity contribution in [2.45, 2.75) is 45.3 Å². The average molecular weight is 223 g/mol. The van der Waals surface area contributed by atoms with Crippen LogP contribution in [0.5, 0.6) is 0 Å². The fourth-order valence-electron chi connectivity index (χ4n) is 1.49. The Hall–Kier alpha value is -0.890. The molecule has 0 saturated heterocycles. The lowest BCUT2D eigenvalue weighted by Crippen LogP contribution is -2.39. The Morgan fingerprint density at radius 2 is 1.81 bits per heavy atom. The summed E-state index contributed by atoms with van der Waals surface area (Å²) in [7, 11) is 0. The van der Waals surface area contributed by atoms with Crippen molar-refractivity contribution in [3.05, 3.63) is 35.9 Å². The number of halogens is 1. The van der Waals surface area contributed by atoms with Gasteiger partial charge in [0.2, 0.25) is 0 Å². The third-order valence-electron chi connectivity index (χ3n) is 2.44. The van der Waals surface area contributed by atoms with E-state index in [0.717, 1.165) is 6.42 Å². The summed E-state index contributed by atoms with van der Waals surface area (Å²) in [5.74, 6) is 0. The molecule has 16 heavy (non-hydrogen) atoms. The molecule has 0 heterocycles. The van der Waals surface area contributed by atoms with Crippen LogP contribution in [-0.2, 0) is 6.42 Å². The normalized spacial score (nSPS) is 13.8. The SMILES string of the molecule is CC(C)(C)NCC(F)CCc1ccccc1. The van der Waals surface area contributed by atoms with E-state index >= 15 is 0 Å². The second-order valence-electron chi connectivity index (χ2n) is 5.25. The van der Waals surface area contributed by atoms with E-state index in [4.69, 9.17) is 0 Å². The minimum atomic E-state index is -0.764. The van der Waals surface area contributed by atoms with Crippen molar-refractivity contribution >= 4 is 0 Å². The van der Waals surface area contributed by atoms with Crippen LogP contribution in [0.15, 0.2) is 30.3 Å². The summed E-state index contributed by atoms with van der Waals surface area (Å²) in [6, 6.07) is 10.1. The van der Waals surface area contributed by atoms with Gasteiger partial charge in [-0.3, -0.25) is 0 Å². The van der Waals surface area contributed by atoms with Gasteiger partial charge in [0.25, 0.3) is 0 Å². The first-order valence-electron chi connectivity index (χ1n) is 5.90. The van der Waals surface area contributed by atoms with Crippen LogP contribution >= 0.6 is 0 Å². The second kappa shape index (κ2) is 6.00. The number of hydrogen-bond acceptors (Lipinski definition) is 1. The molecular weight excluding hydrogens is 201 g/mol. The Labute approximate surface area is 98.1 Å². The van der Waals surface area contributed by atoms with E-state index in [2.05, 4.69) is 26.1 Å². The van der Waals surface area contributed by atoms with Gasteiger partial charge in [-0.2, -0.15) is 0 Å². The molecule has 1 nitrogen and oxygen atoms in total. The van der Waals surface area contributed by atoms with Crippen molar-refractivity contribution in [1.29, 1.82) is 0 Å². The molecular formula is C14H22FN. The van der Waals surface area contributed by atoms with Gasteiger partial charge >= 0.3 is 0 Å². The predicted molar refractivity (Wildman–Crippen MR) is 67.4 cm³/mol. The molecule has 0 amide bonds. The van der Waals surface area contributed by atoms with Gasteiger partial charge in [-0.15, -0.1) is 0 Å². The molecule has 1 atom stereocenters. The zero-order valence-corrected chi connectivity index (χ0v) is 10.5. The van der Waals surface area contributed by atoms with Crippen molar-refractivity contribution in [1.82, 2.24) is 5.32 Å². The lowest BCUT2D eigenvalue weighted by Gasteiger charge is -2.22. The Bertz CT molecular complexity index is 289. The van der Waals surface area contributed by atoms with Crippen LogP contribution in [0.25, 0.3) is 0 Å². The highest BCUT2D eigenvalue weighted by molar-refractivity contribution is 5.14. The topological polar surface area (TPSA) is 12.0 Å². The van der Waals surface area contributed by atoms with Crippen LogP contribution in [0.3, 0.4) is 0 Å². The number of benzene rings is 1. The zero-order valence-electron chi connectivity index (χ0n) is 10.5. The first-order chi connectivity index (χ1) is 7.47.